The summed E-state index contributed by atoms with van der Waals surface area (Å²) in [4.78, 5) is 0. The van der Waals surface area contributed by atoms with Crippen LogP contribution in [-0.4, -0.2) is 33.0 Å². The Bertz CT molecular complexity index is 524. The Labute approximate surface area is 107 Å². The molecular weight excluding hydrogens is 253 g/mol. The maximum absolute atomic E-state index is 13.8. The molecule has 1 fully saturated rings. The second-order valence-corrected chi connectivity index (χ2v) is 7.32. The molecule has 1 saturated heterocycles. The number of hydrogen-bond donors (Lipinski definition) is 1. The molecule has 5 heteroatoms. The smallest absolute Gasteiger partial charge is 0.150 e. The second kappa shape index (κ2) is 4.97. The average molecular weight is 271 g/mol. The van der Waals surface area contributed by atoms with Gasteiger partial charge in [0.2, 0.25) is 0 Å². The fourth-order valence-corrected chi connectivity index (χ4v) is 3.31. The molecule has 1 aromatic rings. The third-order valence-electron chi connectivity index (χ3n) is 3.70. The van der Waals surface area contributed by atoms with E-state index in [1.165, 1.54) is 6.07 Å². The van der Waals surface area contributed by atoms with Crippen LogP contribution in [0.4, 0.5) is 4.39 Å². The Kier molecular flexibility index (Phi) is 3.73. The minimum Gasteiger partial charge on any atom is -0.315 e. The summed E-state index contributed by atoms with van der Waals surface area (Å²) in [5.74, 6) is 0.0284. The lowest BCUT2D eigenvalue weighted by molar-refractivity contribution is 0.259. The Balaban J connectivity index is 2.20. The molecule has 1 aliphatic rings. The summed E-state index contributed by atoms with van der Waals surface area (Å²) in [6, 6.07) is 6.65. The van der Waals surface area contributed by atoms with Crippen LogP contribution in [-0.2, 0) is 15.3 Å². The molecular formula is C13H18FNO2S. The van der Waals surface area contributed by atoms with Crippen LogP contribution in [0, 0.1) is 5.82 Å². The van der Waals surface area contributed by atoms with E-state index < -0.39 is 9.84 Å². The number of hydrogen-bond acceptors (Lipinski definition) is 3. The number of nitrogens with one attached hydrogen (secondary N) is 1. The van der Waals surface area contributed by atoms with Crippen LogP contribution in [0.15, 0.2) is 24.3 Å². The maximum atomic E-state index is 13.8. The van der Waals surface area contributed by atoms with Crippen LogP contribution < -0.4 is 5.32 Å². The van der Waals surface area contributed by atoms with Gasteiger partial charge in [0.1, 0.15) is 15.7 Å². The molecule has 0 aromatic heterocycles. The first-order chi connectivity index (χ1) is 8.49. The summed E-state index contributed by atoms with van der Waals surface area (Å²) in [6.07, 6.45) is 0.483. The van der Waals surface area contributed by atoms with Crippen molar-refractivity contribution in [3.63, 3.8) is 0 Å². The van der Waals surface area contributed by atoms with E-state index in [0.29, 0.717) is 25.1 Å². The first-order valence-corrected chi connectivity index (χ1v) is 7.97. The van der Waals surface area contributed by atoms with Crippen LogP contribution >= 0.6 is 0 Å². The lowest BCUT2D eigenvalue weighted by Gasteiger charge is -2.43. The Morgan fingerprint density at radius 3 is 2.50 bits per heavy atom. The zero-order valence-electron chi connectivity index (χ0n) is 10.4. The second-order valence-electron chi connectivity index (χ2n) is 4.85. The molecule has 0 spiro atoms. The molecule has 1 aliphatic heterocycles. The van der Waals surface area contributed by atoms with Gasteiger partial charge in [-0.1, -0.05) is 25.1 Å². The molecule has 0 bridgehead atoms. The zero-order valence-corrected chi connectivity index (χ0v) is 11.3. The standard InChI is InChI=1S/C13H18FNO2S/c1-2-18(16,17)8-7-13(9-15-10-13)11-5-3-4-6-12(11)14/h3-6,15H,2,7-10H2,1H3. The van der Waals surface area contributed by atoms with Gasteiger partial charge in [-0.3, -0.25) is 0 Å². The van der Waals surface area contributed by atoms with Crippen molar-refractivity contribution in [3.8, 4) is 0 Å². The van der Waals surface area contributed by atoms with Gasteiger partial charge >= 0.3 is 0 Å². The molecule has 2 rings (SSSR count). The first-order valence-electron chi connectivity index (χ1n) is 6.15. The summed E-state index contributed by atoms with van der Waals surface area (Å²) in [5.41, 5.74) is 0.281. The van der Waals surface area contributed by atoms with E-state index in [9.17, 15) is 12.8 Å². The van der Waals surface area contributed by atoms with Gasteiger partial charge in [0, 0.05) is 24.3 Å². The lowest BCUT2D eigenvalue weighted by Crippen LogP contribution is -2.57. The fourth-order valence-electron chi connectivity index (χ4n) is 2.32. The molecule has 0 unspecified atom stereocenters. The highest BCUT2D eigenvalue weighted by Crippen LogP contribution is 2.34. The Morgan fingerprint density at radius 1 is 1.33 bits per heavy atom. The fraction of sp³-hybridized carbons (Fsp3) is 0.538. The normalized spacial score (nSPS) is 18.3. The molecule has 0 amide bonds. The predicted octanol–water partition coefficient (Wildman–Crippen LogP) is 1.49. The minimum atomic E-state index is -3.00. The van der Waals surface area contributed by atoms with Gasteiger partial charge in [-0.05, 0) is 18.1 Å². The van der Waals surface area contributed by atoms with E-state index in [-0.39, 0.29) is 22.7 Å². The van der Waals surface area contributed by atoms with Crippen LogP contribution in [0.2, 0.25) is 0 Å². The quantitative estimate of drug-likeness (QED) is 0.882. The van der Waals surface area contributed by atoms with Gasteiger partial charge in [0.15, 0.2) is 0 Å². The number of halogens is 1. The van der Waals surface area contributed by atoms with Crippen molar-refractivity contribution < 1.29 is 12.8 Å². The SMILES string of the molecule is CCS(=O)(=O)CCC1(c2ccccc2F)CNC1. The van der Waals surface area contributed by atoms with Gasteiger partial charge in [0.05, 0.1) is 5.75 Å². The molecule has 0 saturated carbocycles. The molecule has 0 aliphatic carbocycles. The lowest BCUT2D eigenvalue weighted by atomic mass is 9.73. The van der Waals surface area contributed by atoms with E-state index in [1.54, 1.807) is 25.1 Å². The maximum Gasteiger partial charge on any atom is 0.150 e. The van der Waals surface area contributed by atoms with Crippen LogP contribution in [0.5, 0.6) is 0 Å². The molecule has 3 nitrogen and oxygen atoms in total. The van der Waals surface area contributed by atoms with E-state index >= 15 is 0 Å². The van der Waals surface area contributed by atoms with Crippen LogP contribution in [0.25, 0.3) is 0 Å². The summed E-state index contributed by atoms with van der Waals surface area (Å²) in [6.45, 7) is 2.93. The van der Waals surface area contributed by atoms with Crippen LogP contribution in [0.1, 0.15) is 18.9 Å². The van der Waals surface area contributed by atoms with Crippen molar-refractivity contribution in [2.75, 3.05) is 24.6 Å². The summed E-state index contributed by atoms with van der Waals surface area (Å²) in [7, 11) is -3.00. The average Bonchev–Trinajstić information content (AvgIpc) is 2.30. The third kappa shape index (κ3) is 2.57. The summed E-state index contributed by atoms with van der Waals surface area (Å²) >= 11 is 0. The van der Waals surface area contributed by atoms with Gasteiger partial charge in [-0.25, -0.2) is 12.8 Å². The number of rotatable bonds is 5. The molecule has 1 aromatic carbocycles. The number of sulfone groups is 1. The molecule has 1 heterocycles. The minimum absolute atomic E-state index is 0.125. The first kappa shape index (κ1) is 13.5. The third-order valence-corrected chi connectivity index (χ3v) is 5.41. The molecule has 1 N–H and O–H groups in total. The zero-order chi connectivity index (χ0) is 13.2. The monoisotopic (exact) mass is 271 g/mol. The highest BCUT2D eigenvalue weighted by molar-refractivity contribution is 7.91. The van der Waals surface area contributed by atoms with Gasteiger partial charge in [-0.15, -0.1) is 0 Å². The van der Waals surface area contributed by atoms with Gasteiger partial charge in [0.25, 0.3) is 0 Å². The van der Waals surface area contributed by atoms with Crippen molar-refractivity contribution in [1.29, 1.82) is 0 Å². The van der Waals surface area contributed by atoms with Crippen LogP contribution in [0.3, 0.4) is 0 Å². The molecule has 0 radical (unpaired) electrons. The topological polar surface area (TPSA) is 46.2 Å². The van der Waals surface area contributed by atoms with Crippen molar-refractivity contribution in [2.24, 2.45) is 0 Å². The van der Waals surface area contributed by atoms with E-state index in [1.807, 2.05) is 0 Å². The summed E-state index contributed by atoms with van der Waals surface area (Å²) in [5, 5.41) is 3.12. The molecule has 18 heavy (non-hydrogen) atoms. The molecule has 0 atom stereocenters. The Morgan fingerprint density at radius 2 is 2.00 bits per heavy atom. The van der Waals surface area contributed by atoms with Crippen molar-refractivity contribution in [3.05, 3.63) is 35.6 Å². The van der Waals surface area contributed by atoms with Gasteiger partial charge in [-0.2, -0.15) is 0 Å². The van der Waals surface area contributed by atoms with E-state index in [4.69, 9.17) is 0 Å². The van der Waals surface area contributed by atoms with Crippen molar-refractivity contribution in [2.45, 2.75) is 18.8 Å². The number of benzene rings is 1. The summed E-state index contributed by atoms with van der Waals surface area (Å²) < 4.78 is 37.0. The van der Waals surface area contributed by atoms with E-state index in [2.05, 4.69) is 5.32 Å². The van der Waals surface area contributed by atoms with Gasteiger partial charge < -0.3 is 5.32 Å². The van der Waals surface area contributed by atoms with Crippen molar-refractivity contribution in [1.82, 2.24) is 5.32 Å². The molecule has 100 valence electrons. The van der Waals surface area contributed by atoms with Crippen molar-refractivity contribution >= 4 is 9.84 Å². The predicted molar refractivity (Wildman–Crippen MR) is 69.9 cm³/mol. The Hall–Kier alpha value is -0.940. The highest BCUT2D eigenvalue weighted by Gasteiger charge is 2.40. The highest BCUT2D eigenvalue weighted by atomic mass is 32.2. The van der Waals surface area contributed by atoms with E-state index in [0.717, 1.165) is 0 Å². The largest absolute Gasteiger partial charge is 0.315 e.